The van der Waals surface area contributed by atoms with Gasteiger partial charge in [0, 0.05) is 6.08 Å². The SMILES string of the molecule is COc1ccc(C(O)/C(F)=C\C(=O)N2CCOC2=O)cc1. The fraction of sp³-hybridized carbons (Fsp3) is 0.286. The molecule has 6 nitrogen and oxygen atoms in total. The fourth-order valence-corrected chi connectivity index (χ4v) is 1.81. The van der Waals surface area contributed by atoms with Crippen LogP contribution in [0, 0.1) is 0 Å². The Balaban J connectivity index is 2.09. The molecule has 0 aromatic heterocycles. The maximum Gasteiger partial charge on any atom is 0.416 e. The van der Waals surface area contributed by atoms with Crippen molar-refractivity contribution in [3.8, 4) is 5.75 Å². The van der Waals surface area contributed by atoms with Crippen LogP contribution in [-0.2, 0) is 9.53 Å². The van der Waals surface area contributed by atoms with Crippen LogP contribution in [0.3, 0.4) is 0 Å². The molecule has 0 saturated carbocycles. The molecule has 0 spiro atoms. The standard InChI is InChI=1S/C14H14FNO5/c1-20-10-4-2-9(3-5-10)13(18)11(15)8-12(17)16-6-7-21-14(16)19/h2-5,8,13,18H,6-7H2,1H3/b11-8+. The highest BCUT2D eigenvalue weighted by Gasteiger charge is 2.28. The summed E-state index contributed by atoms with van der Waals surface area (Å²) in [6, 6.07) is 6.08. The summed E-state index contributed by atoms with van der Waals surface area (Å²) in [5.41, 5.74) is 0.265. The lowest BCUT2D eigenvalue weighted by molar-refractivity contribution is -0.122. The number of carbonyl (C=O) groups is 2. The first-order valence-corrected chi connectivity index (χ1v) is 6.20. The lowest BCUT2D eigenvalue weighted by atomic mass is 10.1. The van der Waals surface area contributed by atoms with E-state index < -0.39 is 23.9 Å². The fourth-order valence-electron chi connectivity index (χ4n) is 1.81. The van der Waals surface area contributed by atoms with Gasteiger partial charge in [0.05, 0.1) is 13.7 Å². The van der Waals surface area contributed by atoms with E-state index in [0.29, 0.717) is 11.8 Å². The number of carbonyl (C=O) groups excluding carboxylic acids is 2. The van der Waals surface area contributed by atoms with E-state index in [0.717, 1.165) is 4.90 Å². The number of aliphatic hydroxyl groups excluding tert-OH is 1. The number of methoxy groups -OCH3 is 1. The zero-order chi connectivity index (χ0) is 15.4. The molecule has 1 atom stereocenters. The molecule has 1 heterocycles. The number of rotatable bonds is 4. The number of amides is 2. The molecule has 21 heavy (non-hydrogen) atoms. The average Bonchev–Trinajstić information content (AvgIpc) is 2.92. The van der Waals surface area contributed by atoms with Crippen molar-refractivity contribution in [3.63, 3.8) is 0 Å². The highest BCUT2D eigenvalue weighted by Crippen LogP contribution is 2.24. The third-order valence-electron chi connectivity index (χ3n) is 2.98. The minimum Gasteiger partial charge on any atom is -0.497 e. The van der Waals surface area contributed by atoms with E-state index in [4.69, 9.17) is 4.74 Å². The van der Waals surface area contributed by atoms with Crippen LogP contribution in [0.15, 0.2) is 36.2 Å². The minimum absolute atomic E-state index is 0.0695. The normalized spacial score (nSPS) is 16.6. The van der Waals surface area contributed by atoms with Gasteiger partial charge in [0.15, 0.2) is 0 Å². The zero-order valence-electron chi connectivity index (χ0n) is 11.3. The smallest absolute Gasteiger partial charge is 0.416 e. The van der Waals surface area contributed by atoms with Crippen LogP contribution >= 0.6 is 0 Å². The Morgan fingerprint density at radius 1 is 1.48 bits per heavy atom. The number of hydrogen-bond donors (Lipinski definition) is 1. The van der Waals surface area contributed by atoms with Gasteiger partial charge < -0.3 is 14.6 Å². The Morgan fingerprint density at radius 3 is 2.67 bits per heavy atom. The van der Waals surface area contributed by atoms with Gasteiger partial charge in [-0.2, -0.15) is 0 Å². The Bertz CT molecular complexity index is 569. The van der Waals surface area contributed by atoms with Gasteiger partial charge in [-0.1, -0.05) is 12.1 Å². The lowest BCUT2D eigenvalue weighted by Gasteiger charge is -2.11. The molecule has 7 heteroatoms. The number of aliphatic hydroxyl groups is 1. The van der Waals surface area contributed by atoms with E-state index in [2.05, 4.69) is 4.74 Å². The number of benzene rings is 1. The van der Waals surface area contributed by atoms with Crippen molar-refractivity contribution < 1.29 is 28.6 Å². The molecule has 1 saturated heterocycles. The molecule has 1 N–H and O–H groups in total. The third-order valence-corrected chi connectivity index (χ3v) is 2.98. The van der Waals surface area contributed by atoms with Crippen LogP contribution in [0.4, 0.5) is 9.18 Å². The summed E-state index contributed by atoms with van der Waals surface area (Å²) >= 11 is 0. The highest BCUT2D eigenvalue weighted by molar-refractivity contribution is 5.99. The van der Waals surface area contributed by atoms with Crippen molar-refractivity contribution in [1.82, 2.24) is 4.90 Å². The molecule has 0 bridgehead atoms. The van der Waals surface area contributed by atoms with E-state index in [9.17, 15) is 19.1 Å². The van der Waals surface area contributed by atoms with Gasteiger partial charge in [-0.25, -0.2) is 14.1 Å². The first-order chi connectivity index (χ1) is 10.0. The van der Waals surface area contributed by atoms with Crippen LogP contribution in [0.2, 0.25) is 0 Å². The van der Waals surface area contributed by atoms with Crippen LogP contribution < -0.4 is 4.74 Å². The van der Waals surface area contributed by atoms with Gasteiger partial charge >= 0.3 is 6.09 Å². The van der Waals surface area contributed by atoms with E-state index in [1.54, 1.807) is 12.1 Å². The monoisotopic (exact) mass is 295 g/mol. The number of nitrogens with zero attached hydrogens (tertiary/aromatic N) is 1. The predicted octanol–water partition coefficient (Wildman–Crippen LogP) is 1.56. The third kappa shape index (κ3) is 3.38. The van der Waals surface area contributed by atoms with Crippen molar-refractivity contribution in [1.29, 1.82) is 0 Å². The summed E-state index contributed by atoms with van der Waals surface area (Å²) in [4.78, 5) is 23.6. The Labute approximate surface area is 120 Å². The van der Waals surface area contributed by atoms with E-state index >= 15 is 0 Å². The van der Waals surface area contributed by atoms with Gasteiger partial charge in [-0.05, 0) is 17.7 Å². The van der Waals surface area contributed by atoms with Crippen molar-refractivity contribution in [3.05, 3.63) is 41.7 Å². The lowest BCUT2D eigenvalue weighted by Crippen LogP contribution is -2.30. The molecule has 1 aromatic rings. The Morgan fingerprint density at radius 2 is 2.14 bits per heavy atom. The first-order valence-electron chi connectivity index (χ1n) is 6.20. The molecule has 1 fully saturated rings. The second-order valence-corrected chi connectivity index (χ2v) is 4.31. The molecule has 2 rings (SSSR count). The second kappa shape index (κ2) is 6.36. The molecule has 1 aliphatic heterocycles. The quantitative estimate of drug-likeness (QED) is 0.853. The molecule has 1 aromatic carbocycles. The van der Waals surface area contributed by atoms with Gasteiger partial charge in [-0.15, -0.1) is 0 Å². The largest absolute Gasteiger partial charge is 0.497 e. The minimum atomic E-state index is -1.58. The molecule has 0 aliphatic carbocycles. The van der Waals surface area contributed by atoms with E-state index in [-0.39, 0.29) is 18.7 Å². The Hall–Kier alpha value is -2.41. The number of hydrogen-bond acceptors (Lipinski definition) is 5. The summed E-state index contributed by atoms with van der Waals surface area (Å²) in [6.07, 6.45) is -1.82. The summed E-state index contributed by atoms with van der Waals surface area (Å²) in [5, 5.41) is 9.84. The summed E-state index contributed by atoms with van der Waals surface area (Å²) < 4.78 is 23.4. The molecule has 1 aliphatic rings. The molecular weight excluding hydrogens is 281 g/mol. The van der Waals surface area contributed by atoms with Gasteiger partial charge in [0.25, 0.3) is 5.91 Å². The summed E-state index contributed by atoms with van der Waals surface area (Å²) in [6.45, 7) is 0.154. The summed E-state index contributed by atoms with van der Waals surface area (Å²) in [5.74, 6) is -1.35. The van der Waals surface area contributed by atoms with E-state index in [1.807, 2.05) is 0 Å². The molecule has 0 radical (unpaired) electrons. The number of cyclic esters (lactones) is 1. The topological polar surface area (TPSA) is 76.1 Å². The average molecular weight is 295 g/mol. The second-order valence-electron chi connectivity index (χ2n) is 4.31. The van der Waals surface area contributed by atoms with Crippen LogP contribution in [-0.4, -0.2) is 42.3 Å². The first kappa shape index (κ1) is 15.0. The molecule has 1 unspecified atom stereocenters. The molecule has 2 amide bonds. The van der Waals surface area contributed by atoms with Crippen LogP contribution in [0.5, 0.6) is 5.75 Å². The van der Waals surface area contributed by atoms with Crippen molar-refractivity contribution in [2.45, 2.75) is 6.10 Å². The highest BCUT2D eigenvalue weighted by atomic mass is 19.1. The number of halogens is 1. The maximum absolute atomic E-state index is 13.9. The zero-order valence-corrected chi connectivity index (χ0v) is 11.3. The summed E-state index contributed by atoms with van der Waals surface area (Å²) in [7, 11) is 1.49. The van der Waals surface area contributed by atoms with Gasteiger partial charge in [-0.3, -0.25) is 4.79 Å². The van der Waals surface area contributed by atoms with Crippen molar-refractivity contribution in [2.24, 2.45) is 0 Å². The predicted molar refractivity (Wildman–Crippen MR) is 70.2 cm³/mol. The number of imide groups is 1. The number of ether oxygens (including phenoxy) is 2. The molecular formula is C14H14FNO5. The van der Waals surface area contributed by atoms with Crippen LogP contribution in [0.1, 0.15) is 11.7 Å². The van der Waals surface area contributed by atoms with Crippen molar-refractivity contribution >= 4 is 12.0 Å². The van der Waals surface area contributed by atoms with Gasteiger partial charge in [0.1, 0.15) is 24.3 Å². The molecule has 112 valence electrons. The van der Waals surface area contributed by atoms with E-state index in [1.165, 1.54) is 19.2 Å². The van der Waals surface area contributed by atoms with Crippen LogP contribution in [0.25, 0.3) is 0 Å². The Kier molecular flexibility index (Phi) is 4.54. The van der Waals surface area contributed by atoms with Crippen molar-refractivity contribution in [2.75, 3.05) is 20.3 Å². The maximum atomic E-state index is 13.9. The van der Waals surface area contributed by atoms with Gasteiger partial charge in [0.2, 0.25) is 0 Å².